The van der Waals surface area contributed by atoms with Crippen LogP contribution in [0.4, 0.5) is 0 Å². The lowest BCUT2D eigenvalue weighted by atomic mass is 10.1. The molecule has 1 aliphatic rings. The Morgan fingerprint density at radius 1 is 1.42 bits per heavy atom. The van der Waals surface area contributed by atoms with Crippen LogP contribution in [0.25, 0.3) is 0 Å². The molecule has 1 amide bonds. The topological polar surface area (TPSA) is 73.2 Å². The Kier molecular flexibility index (Phi) is 4.76. The van der Waals surface area contributed by atoms with Gasteiger partial charge in [-0.25, -0.2) is 0 Å². The first-order valence-electron chi connectivity index (χ1n) is 8.04. The highest BCUT2D eigenvalue weighted by molar-refractivity contribution is 5.95. The number of nitrogens with zero attached hydrogens (tertiary/aromatic N) is 2. The summed E-state index contributed by atoms with van der Waals surface area (Å²) in [6.07, 6.45) is 5.42. The molecule has 126 valence electrons. The van der Waals surface area contributed by atoms with Crippen molar-refractivity contribution in [2.45, 2.75) is 31.8 Å². The molecule has 2 aromatic rings. The van der Waals surface area contributed by atoms with Gasteiger partial charge in [0.1, 0.15) is 5.56 Å². The average molecular weight is 327 g/mol. The smallest absolute Gasteiger partial charge is 0.263 e. The van der Waals surface area contributed by atoms with Gasteiger partial charge in [-0.05, 0) is 43.5 Å². The minimum atomic E-state index is -0.405. The van der Waals surface area contributed by atoms with E-state index in [4.69, 9.17) is 4.74 Å². The molecule has 6 heteroatoms. The van der Waals surface area contributed by atoms with Crippen LogP contribution in [0.1, 0.15) is 46.5 Å². The van der Waals surface area contributed by atoms with E-state index in [2.05, 4.69) is 10.3 Å². The second-order valence-electron chi connectivity index (χ2n) is 6.05. The number of hydrogen-bond acceptors (Lipinski definition) is 4. The molecule has 1 unspecified atom stereocenters. The van der Waals surface area contributed by atoms with Crippen molar-refractivity contribution in [3.63, 3.8) is 0 Å². The van der Waals surface area contributed by atoms with Crippen LogP contribution in [-0.2, 0) is 4.74 Å². The van der Waals surface area contributed by atoms with Crippen molar-refractivity contribution >= 4 is 5.91 Å². The summed E-state index contributed by atoms with van der Waals surface area (Å²) in [7, 11) is 1.57. The van der Waals surface area contributed by atoms with Gasteiger partial charge in [-0.1, -0.05) is 6.07 Å². The summed E-state index contributed by atoms with van der Waals surface area (Å²) in [6, 6.07) is 7.13. The van der Waals surface area contributed by atoms with Gasteiger partial charge in [0.05, 0.1) is 18.3 Å². The van der Waals surface area contributed by atoms with Gasteiger partial charge in [-0.15, -0.1) is 0 Å². The molecule has 1 fully saturated rings. The second-order valence-corrected chi connectivity index (χ2v) is 6.05. The summed E-state index contributed by atoms with van der Waals surface area (Å²) in [5, 5.41) is 2.88. The van der Waals surface area contributed by atoms with Crippen molar-refractivity contribution in [2.75, 3.05) is 13.7 Å². The zero-order valence-corrected chi connectivity index (χ0v) is 13.9. The number of aryl methyl sites for hydroxylation is 1. The number of carbonyl (C=O) groups excluding carboxylic acids is 1. The molecule has 1 saturated carbocycles. The summed E-state index contributed by atoms with van der Waals surface area (Å²) >= 11 is 0. The third-order valence-electron chi connectivity index (χ3n) is 4.18. The molecule has 6 nitrogen and oxygen atoms in total. The lowest BCUT2D eigenvalue weighted by Gasteiger charge is -2.18. The first-order valence-corrected chi connectivity index (χ1v) is 8.04. The molecule has 0 aromatic carbocycles. The average Bonchev–Trinajstić information content (AvgIpc) is 3.40. The summed E-state index contributed by atoms with van der Waals surface area (Å²) in [4.78, 5) is 29.6. The van der Waals surface area contributed by atoms with E-state index in [1.165, 1.54) is 0 Å². The Balaban J connectivity index is 1.88. The van der Waals surface area contributed by atoms with Crippen molar-refractivity contribution in [1.82, 2.24) is 14.9 Å². The number of methoxy groups -OCH3 is 1. The molecule has 0 spiro atoms. The van der Waals surface area contributed by atoms with E-state index in [0.717, 1.165) is 12.8 Å². The van der Waals surface area contributed by atoms with E-state index in [1.54, 1.807) is 31.0 Å². The van der Waals surface area contributed by atoms with E-state index in [1.807, 2.05) is 24.3 Å². The van der Waals surface area contributed by atoms with Gasteiger partial charge in [0.15, 0.2) is 0 Å². The monoisotopic (exact) mass is 327 g/mol. The normalized spacial score (nSPS) is 15.1. The molecule has 0 saturated heterocycles. The molecule has 3 rings (SSSR count). The van der Waals surface area contributed by atoms with Gasteiger partial charge >= 0.3 is 0 Å². The van der Waals surface area contributed by atoms with E-state index < -0.39 is 6.04 Å². The summed E-state index contributed by atoms with van der Waals surface area (Å²) in [5.41, 5.74) is 1.34. The molecule has 0 aliphatic heterocycles. The molecule has 0 bridgehead atoms. The Bertz CT molecular complexity index is 782. The maximum absolute atomic E-state index is 12.7. The van der Waals surface area contributed by atoms with E-state index in [-0.39, 0.29) is 29.7 Å². The standard InChI is InChI=1S/C18H21N3O3/c1-12-8-10-21(13-6-7-13)18(23)16(12)17(22)20-15(11-24-2)14-5-3-4-9-19-14/h3-5,8-10,13,15H,6-7,11H2,1-2H3,(H,20,22). The molecule has 2 heterocycles. The van der Waals surface area contributed by atoms with Crippen LogP contribution in [0.5, 0.6) is 0 Å². The fourth-order valence-electron chi connectivity index (χ4n) is 2.74. The summed E-state index contributed by atoms with van der Waals surface area (Å²) < 4.78 is 6.85. The van der Waals surface area contributed by atoms with E-state index in [0.29, 0.717) is 11.3 Å². The fourth-order valence-corrected chi connectivity index (χ4v) is 2.74. The van der Waals surface area contributed by atoms with E-state index >= 15 is 0 Å². The van der Waals surface area contributed by atoms with Gasteiger partial charge in [0, 0.05) is 25.5 Å². The summed E-state index contributed by atoms with van der Waals surface area (Å²) in [5.74, 6) is -0.389. The van der Waals surface area contributed by atoms with Crippen LogP contribution in [0.15, 0.2) is 41.5 Å². The molecule has 0 radical (unpaired) electrons. The van der Waals surface area contributed by atoms with Crippen LogP contribution < -0.4 is 10.9 Å². The number of carbonyl (C=O) groups is 1. The zero-order chi connectivity index (χ0) is 17.1. The summed E-state index contributed by atoms with van der Waals surface area (Å²) in [6.45, 7) is 2.06. The number of aromatic nitrogens is 2. The first kappa shape index (κ1) is 16.4. The van der Waals surface area contributed by atoms with Crippen LogP contribution in [0.3, 0.4) is 0 Å². The van der Waals surface area contributed by atoms with Crippen LogP contribution >= 0.6 is 0 Å². The number of hydrogen-bond donors (Lipinski definition) is 1. The van der Waals surface area contributed by atoms with Gasteiger partial charge < -0.3 is 14.6 Å². The van der Waals surface area contributed by atoms with E-state index in [9.17, 15) is 9.59 Å². The molecule has 2 aromatic heterocycles. The zero-order valence-electron chi connectivity index (χ0n) is 13.9. The largest absolute Gasteiger partial charge is 0.382 e. The number of rotatable bonds is 6. The minimum absolute atomic E-state index is 0.196. The predicted octanol–water partition coefficient (Wildman–Crippen LogP) is 2.00. The highest BCUT2D eigenvalue weighted by atomic mass is 16.5. The van der Waals surface area contributed by atoms with Gasteiger partial charge in [0.2, 0.25) is 0 Å². The van der Waals surface area contributed by atoms with Crippen molar-refractivity contribution < 1.29 is 9.53 Å². The highest BCUT2D eigenvalue weighted by Crippen LogP contribution is 2.33. The lowest BCUT2D eigenvalue weighted by molar-refractivity contribution is 0.0891. The maximum atomic E-state index is 12.7. The Morgan fingerprint density at radius 3 is 2.83 bits per heavy atom. The van der Waals surface area contributed by atoms with Crippen molar-refractivity contribution in [3.8, 4) is 0 Å². The minimum Gasteiger partial charge on any atom is -0.382 e. The van der Waals surface area contributed by atoms with Gasteiger partial charge in [-0.2, -0.15) is 0 Å². The first-order chi connectivity index (χ1) is 11.6. The van der Waals surface area contributed by atoms with Gasteiger partial charge in [-0.3, -0.25) is 14.6 Å². The number of amides is 1. The Morgan fingerprint density at radius 2 is 2.21 bits per heavy atom. The van der Waals surface area contributed by atoms with Crippen LogP contribution in [-0.4, -0.2) is 29.2 Å². The highest BCUT2D eigenvalue weighted by Gasteiger charge is 2.27. The molecule has 1 atom stereocenters. The predicted molar refractivity (Wildman–Crippen MR) is 90.0 cm³/mol. The number of pyridine rings is 2. The van der Waals surface area contributed by atoms with Crippen molar-refractivity contribution in [2.24, 2.45) is 0 Å². The Labute approximate surface area is 140 Å². The molecule has 1 aliphatic carbocycles. The molecule has 1 N–H and O–H groups in total. The van der Waals surface area contributed by atoms with Crippen molar-refractivity contribution in [3.05, 3.63) is 63.8 Å². The lowest BCUT2D eigenvalue weighted by Crippen LogP contribution is -2.37. The van der Waals surface area contributed by atoms with Crippen molar-refractivity contribution in [1.29, 1.82) is 0 Å². The maximum Gasteiger partial charge on any atom is 0.263 e. The molecular formula is C18H21N3O3. The quantitative estimate of drug-likeness (QED) is 0.881. The Hall–Kier alpha value is -2.47. The second kappa shape index (κ2) is 6.97. The molecule has 24 heavy (non-hydrogen) atoms. The third-order valence-corrected chi connectivity index (χ3v) is 4.18. The number of ether oxygens (including phenoxy) is 1. The number of nitrogens with one attached hydrogen (secondary N) is 1. The van der Waals surface area contributed by atoms with Crippen LogP contribution in [0.2, 0.25) is 0 Å². The van der Waals surface area contributed by atoms with Gasteiger partial charge in [0.25, 0.3) is 11.5 Å². The fraction of sp³-hybridized carbons (Fsp3) is 0.389. The third kappa shape index (κ3) is 3.38. The molecular weight excluding hydrogens is 306 g/mol. The SMILES string of the molecule is COCC(NC(=O)c1c(C)ccn(C2CC2)c1=O)c1ccccn1. The van der Waals surface area contributed by atoms with Crippen LogP contribution in [0, 0.1) is 6.92 Å².